The SMILES string of the molecule is COC(c1nc(C)c(C)c(=O)[nH]1)C(C)(C)C. The van der Waals surface area contributed by atoms with Crippen LogP contribution < -0.4 is 5.56 Å². The lowest BCUT2D eigenvalue weighted by Crippen LogP contribution is -2.26. The summed E-state index contributed by atoms with van der Waals surface area (Å²) in [4.78, 5) is 18.8. The number of nitrogens with one attached hydrogen (secondary N) is 1. The number of aromatic amines is 1. The standard InChI is InChI=1S/C12H20N2O2/c1-7-8(2)13-10(14-11(7)15)9(16-6)12(3,4)5/h9H,1-6H3,(H,13,14,15). The summed E-state index contributed by atoms with van der Waals surface area (Å²) in [5.74, 6) is 0.600. The molecule has 0 aliphatic rings. The lowest BCUT2D eigenvalue weighted by atomic mass is 9.88. The smallest absolute Gasteiger partial charge is 0.254 e. The van der Waals surface area contributed by atoms with Crippen LogP contribution in [0.15, 0.2) is 4.79 Å². The molecule has 1 heterocycles. The van der Waals surface area contributed by atoms with E-state index in [9.17, 15) is 4.79 Å². The van der Waals surface area contributed by atoms with Crippen LogP contribution >= 0.6 is 0 Å². The Bertz CT molecular complexity index is 430. The molecule has 0 radical (unpaired) electrons. The van der Waals surface area contributed by atoms with E-state index in [0.717, 1.165) is 5.69 Å². The Morgan fingerprint density at radius 2 is 1.88 bits per heavy atom. The van der Waals surface area contributed by atoms with Crippen molar-refractivity contribution in [3.63, 3.8) is 0 Å². The molecule has 0 fully saturated rings. The number of aromatic nitrogens is 2. The highest BCUT2D eigenvalue weighted by Crippen LogP contribution is 2.33. The molecule has 0 aliphatic carbocycles. The molecular formula is C12H20N2O2. The topological polar surface area (TPSA) is 55.0 Å². The Morgan fingerprint density at radius 1 is 1.31 bits per heavy atom. The third-order valence-corrected chi connectivity index (χ3v) is 2.68. The molecule has 0 saturated carbocycles. The highest BCUT2D eigenvalue weighted by atomic mass is 16.5. The molecule has 1 atom stereocenters. The molecule has 90 valence electrons. The average Bonchev–Trinajstić information content (AvgIpc) is 2.12. The maximum atomic E-state index is 11.7. The van der Waals surface area contributed by atoms with Gasteiger partial charge in [-0.3, -0.25) is 4.79 Å². The summed E-state index contributed by atoms with van der Waals surface area (Å²) < 4.78 is 5.42. The van der Waals surface area contributed by atoms with Crippen molar-refractivity contribution < 1.29 is 4.74 Å². The second-order valence-electron chi connectivity index (χ2n) is 5.14. The molecule has 4 nitrogen and oxygen atoms in total. The fraction of sp³-hybridized carbons (Fsp3) is 0.667. The lowest BCUT2D eigenvalue weighted by molar-refractivity contribution is 0.00834. The number of hydrogen-bond acceptors (Lipinski definition) is 3. The van der Waals surface area contributed by atoms with Crippen LogP contribution in [0.1, 0.15) is 44.0 Å². The van der Waals surface area contributed by atoms with E-state index in [1.54, 1.807) is 14.0 Å². The Balaban J connectivity index is 3.28. The molecule has 0 aromatic carbocycles. The number of nitrogens with zero attached hydrogens (tertiary/aromatic N) is 1. The third kappa shape index (κ3) is 2.50. The molecule has 0 aliphatic heterocycles. The number of rotatable bonds is 2. The van der Waals surface area contributed by atoms with E-state index in [4.69, 9.17) is 4.74 Å². The molecule has 0 amide bonds. The van der Waals surface area contributed by atoms with Crippen molar-refractivity contribution in [1.29, 1.82) is 0 Å². The molecule has 4 heteroatoms. The predicted octanol–water partition coefficient (Wildman–Crippen LogP) is 2.12. The van der Waals surface area contributed by atoms with E-state index in [0.29, 0.717) is 11.4 Å². The van der Waals surface area contributed by atoms with E-state index in [1.165, 1.54) is 0 Å². The van der Waals surface area contributed by atoms with Crippen molar-refractivity contribution >= 4 is 0 Å². The summed E-state index contributed by atoms with van der Waals surface area (Å²) >= 11 is 0. The van der Waals surface area contributed by atoms with Gasteiger partial charge in [0.1, 0.15) is 11.9 Å². The minimum Gasteiger partial charge on any atom is -0.373 e. The Morgan fingerprint density at radius 3 is 2.25 bits per heavy atom. The van der Waals surface area contributed by atoms with Crippen molar-refractivity contribution in [2.24, 2.45) is 5.41 Å². The van der Waals surface area contributed by atoms with Gasteiger partial charge in [0, 0.05) is 18.4 Å². The molecule has 0 bridgehead atoms. The molecular weight excluding hydrogens is 204 g/mol. The average molecular weight is 224 g/mol. The second kappa shape index (κ2) is 4.37. The molecule has 0 saturated heterocycles. The predicted molar refractivity (Wildman–Crippen MR) is 63.5 cm³/mol. The number of H-pyrrole nitrogens is 1. The monoisotopic (exact) mass is 224 g/mol. The quantitative estimate of drug-likeness (QED) is 0.837. The molecule has 1 aromatic rings. The summed E-state index contributed by atoms with van der Waals surface area (Å²) in [7, 11) is 1.63. The van der Waals surface area contributed by atoms with Gasteiger partial charge in [-0.1, -0.05) is 20.8 Å². The van der Waals surface area contributed by atoms with Gasteiger partial charge in [-0.05, 0) is 19.3 Å². The van der Waals surface area contributed by atoms with Crippen molar-refractivity contribution in [1.82, 2.24) is 9.97 Å². The van der Waals surface area contributed by atoms with Crippen LogP contribution in [0.3, 0.4) is 0 Å². The number of aryl methyl sites for hydroxylation is 1. The number of methoxy groups -OCH3 is 1. The molecule has 16 heavy (non-hydrogen) atoms. The molecule has 1 rings (SSSR count). The third-order valence-electron chi connectivity index (χ3n) is 2.68. The van der Waals surface area contributed by atoms with E-state index < -0.39 is 0 Å². The summed E-state index contributed by atoms with van der Waals surface area (Å²) in [6.45, 7) is 9.76. The van der Waals surface area contributed by atoms with E-state index in [2.05, 4.69) is 30.7 Å². The van der Waals surface area contributed by atoms with Crippen molar-refractivity contribution in [3.05, 3.63) is 27.4 Å². The van der Waals surface area contributed by atoms with E-state index in [1.807, 2.05) is 6.92 Å². The van der Waals surface area contributed by atoms with Gasteiger partial charge in [-0.15, -0.1) is 0 Å². The molecule has 1 N–H and O–H groups in total. The fourth-order valence-electron chi connectivity index (χ4n) is 1.67. The van der Waals surface area contributed by atoms with Crippen LogP contribution in [0.4, 0.5) is 0 Å². The zero-order chi connectivity index (χ0) is 12.5. The highest BCUT2D eigenvalue weighted by molar-refractivity contribution is 5.15. The lowest BCUT2D eigenvalue weighted by Gasteiger charge is -2.28. The minimum atomic E-state index is -0.209. The van der Waals surface area contributed by atoms with Crippen molar-refractivity contribution in [2.75, 3.05) is 7.11 Å². The summed E-state index contributed by atoms with van der Waals surface area (Å²) in [6.07, 6.45) is -0.209. The number of ether oxygens (including phenoxy) is 1. The van der Waals surface area contributed by atoms with Gasteiger partial charge < -0.3 is 9.72 Å². The first-order valence-electron chi connectivity index (χ1n) is 5.37. The molecule has 1 aromatic heterocycles. The second-order valence-corrected chi connectivity index (χ2v) is 5.14. The van der Waals surface area contributed by atoms with Gasteiger partial charge in [0.15, 0.2) is 0 Å². The van der Waals surface area contributed by atoms with Crippen LogP contribution in [0, 0.1) is 19.3 Å². The van der Waals surface area contributed by atoms with Gasteiger partial charge in [-0.25, -0.2) is 4.98 Å². The van der Waals surface area contributed by atoms with Crippen LogP contribution in [-0.4, -0.2) is 17.1 Å². The Labute approximate surface area is 96.1 Å². The van der Waals surface area contributed by atoms with Crippen molar-refractivity contribution in [2.45, 2.75) is 40.7 Å². The van der Waals surface area contributed by atoms with Crippen molar-refractivity contribution in [3.8, 4) is 0 Å². The largest absolute Gasteiger partial charge is 0.373 e. The zero-order valence-corrected chi connectivity index (χ0v) is 10.8. The van der Waals surface area contributed by atoms with Crippen LogP contribution in [-0.2, 0) is 4.74 Å². The van der Waals surface area contributed by atoms with Crippen LogP contribution in [0.5, 0.6) is 0 Å². The van der Waals surface area contributed by atoms with Gasteiger partial charge in [0.2, 0.25) is 0 Å². The van der Waals surface area contributed by atoms with Crippen LogP contribution in [0.25, 0.3) is 0 Å². The zero-order valence-electron chi connectivity index (χ0n) is 10.8. The van der Waals surface area contributed by atoms with Crippen LogP contribution in [0.2, 0.25) is 0 Å². The number of hydrogen-bond donors (Lipinski definition) is 1. The maximum absolute atomic E-state index is 11.7. The fourth-order valence-corrected chi connectivity index (χ4v) is 1.67. The summed E-state index contributed by atoms with van der Waals surface area (Å²) in [6, 6.07) is 0. The van der Waals surface area contributed by atoms with E-state index >= 15 is 0 Å². The van der Waals surface area contributed by atoms with E-state index in [-0.39, 0.29) is 17.1 Å². The molecule has 0 spiro atoms. The van der Waals surface area contributed by atoms with Gasteiger partial charge in [0.25, 0.3) is 5.56 Å². The van der Waals surface area contributed by atoms with Gasteiger partial charge in [0.05, 0.1) is 0 Å². The first-order valence-corrected chi connectivity index (χ1v) is 5.37. The van der Waals surface area contributed by atoms with Gasteiger partial charge >= 0.3 is 0 Å². The summed E-state index contributed by atoms with van der Waals surface area (Å²) in [5, 5.41) is 0. The Hall–Kier alpha value is -1.16. The normalized spacial score (nSPS) is 13.9. The first-order chi connectivity index (χ1) is 7.27. The minimum absolute atomic E-state index is 0.0891. The molecule has 1 unspecified atom stereocenters. The van der Waals surface area contributed by atoms with Gasteiger partial charge in [-0.2, -0.15) is 0 Å². The summed E-state index contributed by atoms with van der Waals surface area (Å²) in [5.41, 5.74) is 1.22. The maximum Gasteiger partial charge on any atom is 0.254 e. The Kier molecular flexibility index (Phi) is 3.53. The first kappa shape index (κ1) is 12.9. The highest BCUT2D eigenvalue weighted by Gasteiger charge is 2.28.